The number of sulfonamides is 1. The van der Waals surface area contributed by atoms with Crippen LogP contribution in [0.2, 0.25) is 0 Å². The van der Waals surface area contributed by atoms with Crippen molar-refractivity contribution < 1.29 is 22.7 Å². The van der Waals surface area contributed by atoms with Crippen LogP contribution in [0.4, 0.5) is 5.69 Å². The first-order valence-corrected chi connectivity index (χ1v) is 10.9. The van der Waals surface area contributed by atoms with Gasteiger partial charge in [0.1, 0.15) is 5.75 Å². The molecule has 0 fully saturated rings. The second kappa shape index (κ2) is 6.35. The van der Waals surface area contributed by atoms with E-state index < -0.39 is 22.0 Å². The molecule has 1 aliphatic carbocycles. The van der Waals surface area contributed by atoms with Crippen LogP contribution in [0.3, 0.4) is 0 Å². The molecule has 0 unspecified atom stereocenters. The highest BCUT2D eigenvalue weighted by Crippen LogP contribution is 2.35. The molecule has 2 amide bonds. The van der Waals surface area contributed by atoms with Gasteiger partial charge in [-0.2, -0.15) is 0 Å². The number of rotatable bonds is 3. The predicted octanol–water partition coefficient (Wildman–Crippen LogP) is 2.38. The van der Waals surface area contributed by atoms with Gasteiger partial charge in [-0.3, -0.25) is 9.59 Å². The molecule has 0 bridgehead atoms. The van der Waals surface area contributed by atoms with E-state index in [0.29, 0.717) is 16.1 Å². The summed E-state index contributed by atoms with van der Waals surface area (Å²) in [5.41, 5.74) is 1.95. The van der Waals surface area contributed by atoms with Gasteiger partial charge in [0.05, 0.1) is 15.5 Å². The summed E-state index contributed by atoms with van der Waals surface area (Å²) in [4.78, 5) is 25.7. The first-order chi connectivity index (χ1) is 12.7. The molecule has 0 saturated carbocycles. The average Bonchev–Trinajstić information content (AvgIpc) is 3.17. The summed E-state index contributed by atoms with van der Waals surface area (Å²) in [5.74, 6) is -0.665. The van der Waals surface area contributed by atoms with E-state index >= 15 is 0 Å². The van der Waals surface area contributed by atoms with Crippen molar-refractivity contribution in [2.75, 3.05) is 5.32 Å². The quantitative estimate of drug-likeness (QED) is 0.815. The van der Waals surface area contributed by atoms with Crippen LogP contribution in [0.15, 0.2) is 23.1 Å². The molecule has 142 valence electrons. The number of anilines is 1. The van der Waals surface area contributed by atoms with Crippen molar-refractivity contribution in [3.8, 4) is 5.75 Å². The lowest BCUT2D eigenvalue weighted by molar-refractivity contribution is -0.122. The minimum absolute atomic E-state index is 0.0537. The van der Waals surface area contributed by atoms with Crippen LogP contribution in [0, 0.1) is 6.92 Å². The van der Waals surface area contributed by atoms with Crippen molar-refractivity contribution in [2.45, 2.75) is 44.1 Å². The summed E-state index contributed by atoms with van der Waals surface area (Å²) >= 11 is 1.34. The fourth-order valence-corrected chi connectivity index (χ4v) is 5.72. The second-order valence-corrected chi connectivity index (χ2v) is 9.50. The number of carbonyl (C=O) groups excluding carboxylic acids is 2. The Morgan fingerprint density at radius 3 is 2.81 bits per heavy atom. The fraction of sp³-hybridized carbons (Fsp3) is 0.333. The molecule has 2 heterocycles. The Morgan fingerprint density at radius 1 is 1.30 bits per heavy atom. The second-order valence-electron chi connectivity index (χ2n) is 6.71. The molecule has 0 spiro atoms. The van der Waals surface area contributed by atoms with Crippen molar-refractivity contribution in [3.63, 3.8) is 0 Å². The van der Waals surface area contributed by atoms with E-state index in [2.05, 4.69) is 10.0 Å². The molecule has 7 nitrogen and oxygen atoms in total. The summed E-state index contributed by atoms with van der Waals surface area (Å²) in [6.07, 6.45) is 2.21. The Bertz CT molecular complexity index is 1050. The molecule has 1 atom stereocenters. The standard InChI is InChI=1S/C18H18N2O5S2/c1-9-6-12-13(25-10(2)17(21)19-12)8-16(9)27(23,24)20-18(22)15-7-11-4-3-5-14(11)26-15/h6-8,10H,3-5H2,1-2H3,(H,19,21)(H,20,22)/t10-/m1/s1. The van der Waals surface area contributed by atoms with Gasteiger partial charge in [-0.1, -0.05) is 0 Å². The molecule has 2 aliphatic rings. The molecule has 2 aromatic rings. The molecular weight excluding hydrogens is 388 g/mol. The highest BCUT2D eigenvalue weighted by atomic mass is 32.2. The Labute approximate surface area is 160 Å². The smallest absolute Gasteiger partial charge is 0.275 e. The largest absolute Gasteiger partial charge is 0.479 e. The number of fused-ring (bicyclic) bond motifs is 2. The molecule has 1 aromatic heterocycles. The molecule has 1 aliphatic heterocycles. The summed E-state index contributed by atoms with van der Waals surface area (Å²) in [6.45, 7) is 3.17. The maximum Gasteiger partial charge on any atom is 0.275 e. The van der Waals surface area contributed by atoms with Crippen LogP contribution in [-0.2, 0) is 27.7 Å². The molecule has 27 heavy (non-hydrogen) atoms. The first kappa shape index (κ1) is 18.0. The third-order valence-corrected chi connectivity index (χ3v) is 7.40. The van der Waals surface area contributed by atoms with E-state index in [0.717, 1.165) is 29.7 Å². The summed E-state index contributed by atoms with van der Waals surface area (Å²) in [7, 11) is -4.08. The van der Waals surface area contributed by atoms with E-state index in [-0.39, 0.29) is 16.6 Å². The summed E-state index contributed by atoms with van der Waals surface area (Å²) in [6, 6.07) is 4.64. The zero-order chi connectivity index (χ0) is 19.3. The van der Waals surface area contributed by atoms with Gasteiger partial charge < -0.3 is 10.1 Å². The molecule has 0 saturated heterocycles. The molecule has 4 rings (SSSR count). The zero-order valence-corrected chi connectivity index (χ0v) is 16.4. The van der Waals surface area contributed by atoms with Crippen LogP contribution in [0.25, 0.3) is 0 Å². The van der Waals surface area contributed by atoms with Gasteiger partial charge in [-0.15, -0.1) is 11.3 Å². The number of hydrogen-bond acceptors (Lipinski definition) is 6. The molecule has 1 aromatic carbocycles. The number of thiophene rings is 1. The van der Waals surface area contributed by atoms with Gasteiger partial charge in [-0.25, -0.2) is 13.1 Å². The minimum Gasteiger partial charge on any atom is -0.479 e. The number of nitrogens with one attached hydrogen (secondary N) is 2. The molecular formula is C18H18N2O5S2. The Balaban J connectivity index is 1.62. The number of hydrogen-bond donors (Lipinski definition) is 2. The topological polar surface area (TPSA) is 102 Å². The van der Waals surface area contributed by atoms with E-state index in [9.17, 15) is 18.0 Å². The Kier molecular flexibility index (Phi) is 4.23. The third kappa shape index (κ3) is 3.21. The number of benzene rings is 1. The number of aryl methyl sites for hydroxylation is 3. The van der Waals surface area contributed by atoms with Crippen LogP contribution < -0.4 is 14.8 Å². The van der Waals surface area contributed by atoms with Crippen LogP contribution in [0.1, 0.15) is 39.0 Å². The van der Waals surface area contributed by atoms with E-state index in [4.69, 9.17) is 4.74 Å². The third-order valence-electron chi connectivity index (χ3n) is 4.69. The summed E-state index contributed by atoms with van der Waals surface area (Å²) < 4.78 is 33.2. The SMILES string of the molecule is Cc1cc2c(cc1S(=O)(=O)NC(=O)c1cc3c(s1)CCC3)O[C@H](C)C(=O)N2. The normalized spacial score (nSPS) is 18.3. The lowest BCUT2D eigenvalue weighted by Crippen LogP contribution is -2.35. The van der Waals surface area contributed by atoms with Gasteiger partial charge in [0, 0.05) is 10.9 Å². The summed E-state index contributed by atoms with van der Waals surface area (Å²) in [5, 5.41) is 2.67. The first-order valence-electron chi connectivity index (χ1n) is 8.55. The van der Waals surface area contributed by atoms with Crippen LogP contribution in [0.5, 0.6) is 5.75 Å². The van der Waals surface area contributed by atoms with Gasteiger partial charge in [0.2, 0.25) is 0 Å². The zero-order valence-electron chi connectivity index (χ0n) is 14.8. The molecule has 2 N–H and O–H groups in total. The monoisotopic (exact) mass is 406 g/mol. The highest BCUT2D eigenvalue weighted by Gasteiger charge is 2.29. The van der Waals surface area contributed by atoms with Crippen molar-refractivity contribution >= 4 is 38.9 Å². The van der Waals surface area contributed by atoms with Crippen molar-refractivity contribution in [1.82, 2.24) is 4.72 Å². The van der Waals surface area contributed by atoms with E-state index in [1.807, 2.05) is 0 Å². The average molecular weight is 406 g/mol. The number of ether oxygens (including phenoxy) is 1. The Hall–Kier alpha value is -2.39. The predicted molar refractivity (Wildman–Crippen MR) is 101 cm³/mol. The van der Waals surface area contributed by atoms with Gasteiger partial charge >= 0.3 is 0 Å². The van der Waals surface area contributed by atoms with Gasteiger partial charge in [0.25, 0.3) is 21.8 Å². The highest BCUT2D eigenvalue weighted by molar-refractivity contribution is 7.90. The molecule has 9 heteroatoms. The van der Waals surface area contributed by atoms with Crippen molar-refractivity contribution in [1.29, 1.82) is 0 Å². The van der Waals surface area contributed by atoms with E-state index in [1.54, 1.807) is 19.9 Å². The van der Waals surface area contributed by atoms with Crippen LogP contribution in [-0.4, -0.2) is 26.3 Å². The van der Waals surface area contributed by atoms with Crippen molar-refractivity contribution in [2.24, 2.45) is 0 Å². The maximum absolute atomic E-state index is 12.8. The fourth-order valence-electron chi connectivity index (χ4n) is 3.30. The maximum atomic E-state index is 12.8. The number of carbonyl (C=O) groups is 2. The van der Waals surface area contributed by atoms with Gasteiger partial charge in [0.15, 0.2) is 6.10 Å². The minimum atomic E-state index is -4.08. The van der Waals surface area contributed by atoms with Gasteiger partial charge in [-0.05, 0) is 56.4 Å². The Morgan fingerprint density at radius 2 is 2.07 bits per heavy atom. The number of amides is 2. The van der Waals surface area contributed by atoms with Crippen LogP contribution >= 0.6 is 11.3 Å². The lowest BCUT2D eigenvalue weighted by atomic mass is 10.1. The molecule has 0 radical (unpaired) electrons. The lowest BCUT2D eigenvalue weighted by Gasteiger charge is -2.24. The van der Waals surface area contributed by atoms with Crippen molar-refractivity contribution in [3.05, 3.63) is 39.1 Å². The van der Waals surface area contributed by atoms with E-state index in [1.165, 1.54) is 23.5 Å².